The third-order valence-electron chi connectivity index (χ3n) is 1.71. The van der Waals surface area contributed by atoms with Gasteiger partial charge in [0, 0.05) is 6.42 Å². The molecule has 1 atom stereocenters. The largest absolute Gasteiger partial charge is 0.330 e. The van der Waals surface area contributed by atoms with Crippen LogP contribution in [0.5, 0.6) is 0 Å². The number of nitrogens with two attached hydrogens (primary N) is 1. The maximum atomic E-state index is 10.7. The van der Waals surface area contributed by atoms with E-state index in [0.29, 0.717) is 24.8 Å². The summed E-state index contributed by atoms with van der Waals surface area (Å²) in [5.74, 6) is 1.29. The second-order valence-electron chi connectivity index (χ2n) is 3.64. The Hall–Kier alpha value is -0.370. The van der Waals surface area contributed by atoms with Crippen molar-refractivity contribution in [2.75, 3.05) is 6.54 Å². The Balaban J connectivity index is 0. The average molecular weight is 187 g/mol. The lowest BCUT2D eigenvalue weighted by Gasteiger charge is -2.14. The van der Waals surface area contributed by atoms with E-state index in [4.69, 9.17) is 5.73 Å². The molecule has 0 aromatic heterocycles. The summed E-state index contributed by atoms with van der Waals surface area (Å²) in [7, 11) is 0. The summed E-state index contributed by atoms with van der Waals surface area (Å²) in [6, 6.07) is 0. The Bertz CT molecular complexity index is 121. The first kappa shape index (κ1) is 15.1. The molecule has 2 N–H and O–H groups in total. The van der Waals surface area contributed by atoms with E-state index in [1.807, 2.05) is 13.8 Å². The number of Topliss-reactive ketones (excluding diaryl/α,β-unsaturated/α-hetero) is 1. The van der Waals surface area contributed by atoms with Crippen molar-refractivity contribution in [3.63, 3.8) is 0 Å². The van der Waals surface area contributed by atoms with Crippen LogP contribution >= 0.6 is 0 Å². The van der Waals surface area contributed by atoms with E-state index >= 15 is 0 Å². The molecule has 0 saturated carbocycles. The van der Waals surface area contributed by atoms with Crippen LogP contribution in [0, 0.1) is 11.8 Å². The monoisotopic (exact) mass is 187 g/mol. The highest BCUT2D eigenvalue weighted by molar-refractivity contribution is 5.75. The molecule has 13 heavy (non-hydrogen) atoms. The second kappa shape index (κ2) is 9.72. The van der Waals surface area contributed by atoms with Gasteiger partial charge in [0.25, 0.3) is 0 Å². The smallest absolute Gasteiger partial charge is 0.130 e. The number of rotatable bonds is 5. The molecule has 0 unspecified atom stereocenters. The molecule has 0 bridgehead atoms. The maximum Gasteiger partial charge on any atom is 0.130 e. The van der Waals surface area contributed by atoms with Crippen molar-refractivity contribution >= 4 is 5.78 Å². The number of carbonyl (C=O) groups is 1. The summed E-state index contributed by atoms with van der Waals surface area (Å²) in [6.45, 7) is 10.6. The van der Waals surface area contributed by atoms with Crippen LogP contribution in [0.3, 0.4) is 0 Å². The van der Waals surface area contributed by atoms with Gasteiger partial charge in [-0.1, -0.05) is 27.7 Å². The summed E-state index contributed by atoms with van der Waals surface area (Å²) < 4.78 is 0. The fourth-order valence-corrected chi connectivity index (χ4v) is 1.34. The van der Waals surface area contributed by atoms with E-state index in [1.165, 1.54) is 0 Å². The van der Waals surface area contributed by atoms with Gasteiger partial charge in [0.15, 0.2) is 0 Å². The topological polar surface area (TPSA) is 43.1 Å². The van der Waals surface area contributed by atoms with Crippen LogP contribution in [0.1, 0.15) is 47.5 Å². The quantitative estimate of drug-likeness (QED) is 0.719. The van der Waals surface area contributed by atoms with Crippen LogP contribution in [0.2, 0.25) is 0 Å². The molecule has 0 saturated heterocycles. The Morgan fingerprint density at radius 1 is 1.31 bits per heavy atom. The summed E-state index contributed by atoms with van der Waals surface area (Å²) >= 11 is 0. The first-order chi connectivity index (χ1) is 6.06. The molecule has 0 aromatic carbocycles. The number of hydrogen-bond donors (Lipinski definition) is 1. The first-order valence-corrected chi connectivity index (χ1v) is 5.25. The van der Waals surface area contributed by atoms with E-state index < -0.39 is 0 Å². The van der Waals surface area contributed by atoms with Gasteiger partial charge in [0.05, 0.1) is 0 Å². The third kappa shape index (κ3) is 11.6. The summed E-state index contributed by atoms with van der Waals surface area (Å²) in [4.78, 5) is 10.7. The minimum absolute atomic E-state index is 0.251. The molecule has 0 aliphatic carbocycles. The molecule has 0 fully saturated rings. The molecule has 0 aliphatic heterocycles. The van der Waals surface area contributed by atoms with E-state index in [1.54, 1.807) is 6.92 Å². The Kier molecular flexibility index (Phi) is 11.3. The normalized spacial score (nSPS) is 11.9. The maximum absolute atomic E-state index is 10.7. The van der Waals surface area contributed by atoms with Crippen LogP contribution in [-0.4, -0.2) is 12.3 Å². The van der Waals surface area contributed by atoms with Crippen molar-refractivity contribution in [2.24, 2.45) is 17.6 Å². The van der Waals surface area contributed by atoms with Gasteiger partial charge in [-0.15, -0.1) is 0 Å². The lowest BCUT2D eigenvalue weighted by Crippen LogP contribution is -2.18. The summed E-state index contributed by atoms with van der Waals surface area (Å²) in [5, 5.41) is 0. The molecular formula is C11H25NO. The average Bonchev–Trinajstić information content (AvgIpc) is 2.05. The van der Waals surface area contributed by atoms with Crippen molar-refractivity contribution in [3.05, 3.63) is 0 Å². The minimum atomic E-state index is 0.251. The third-order valence-corrected chi connectivity index (χ3v) is 1.71. The standard InChI is InChI=1S/C9H19NO.C2H6/c1-7(2)4-9(6-10)5-8(3)11;1-2/h7,9H,4-6,10H2,1-3H3;1-2H3/t9-;/m0./s1. The van der Waals surface area contributed by atoms with Crippen LogP contribution in [0.15, 0.2) is 0 Å². The number of ketones is 1. The Morgan fingerprint density at radius 3 is 2.00 bits per heavy atom. The SMILES string of the molecule is CC.CC(=O)C[C@@H](CN)CC(C)C. The van der Waals surface area contributed by atoms with Gasteiger partial charge in [-0.05, 0) is 31.7 Å². The lowest BCUT2D eigenvalue weighted by atomic mass is 9.93. The molecule has 80 valence electrons. The van der Waals surface area contributed by atoms with Gasteiger partial charge in [-0.3, -0.25) is 0 Å². The van der Waals surface area contributed by atoms with Crippen molar-refractivity contribution in [2.45, 2.75) is 47.5 Å². The number of hydrogen-bond acceptors (Lipinski definition) is 2. The van der Waals surface area contributed by atoms with Crippen LogP contribution in [0.4, 0.5) is 0 Å². The summed E-state index contributed by atoms with van der Waals surface area (Å²) in [6.07, 6.45) is 1.71. The summed E-state index contributed by atoms with van der Waals surface area (Å²) in [5.41, 5.74) is 5.52. The molecule has 0 rings (SSSR count). The van der Waals surface area contributed by atoms with Crippen molar-refractivity contribution < 1.29 is 4.79 Å². The van der Waals surface area contributed by atoms with Gasteiger partial charge in [-0.25, -0.2) is 0 Å². The van der Waals surface area contributed by atoms with Crippen molar-refractivity contribution in [1.82, 2.24) is 0 Å². The van der Waals surface area contributed by atoms with Crippen molar-refractivity contribution in [1.29, 1.82) is 0 Å². The molecule has 2 nitrogen and oxygen atoms in total. The predicted molar refractivity (Wildman–Crippen MR) is 58.6 cm³/mol. The highest BCUT2D eigenvalue weighted by Crippen LogP contribution is 2.13. The zero-order valence-electron chi connectivity index (χ0n) is 9.76. The van der Waals surface area contributed by atoms with Crippen molar-refractivity contribution in [3.8, 4) is 0 Å². The zero-order valence-corrected chi connectivity index (χ0v) is 9.76. The fraction of sp³-hybridized carbons (Fsp3) is 0.909. The van der Waals surface area contributed by atoms with Gasteiger partial charge < -0.3 is 10.5 Å². The Labute approximate surface area is 82.9 Å². The molecular weight excluding hydrogens is 162 g/mol. The first-order valence-electron chi connectivity index (χ1n) is 5.25. The van der Waals surface area contributed by atoms with Gasteiger partial charge in [0.2, 0.25) is 0 Å². The lowest BCUT2D eigenvalue weighted by molar-refractivity contribution is -0.117. The van der Waals surface area contributed by atoms with Gasteiger partial charge in [0.1, 0.15) is 5.78 Å². The molecule has 0 spiro atoms. The highest BCUT2D eigenvalue weighted by atomic mass is 16.1. The highest BCUT2D eigenvalue weighted by Gasteiger charge is 2.10. The predicted octanol–water partition coefficient (Wildman–Crippen LogP) is 2.61. The molecule has 0 aromatic rings. The molecule has 0 heterocycles. The van der Waals surface area contributed by atoms with Crippen LogP contribution in [0.25, 0.3) is 0 Å². The zero-order chi connectivity index (χ0) is 10.9. The van der Waals surface area contributed by atoms with E-state index in [0.717, 1.165) is 6.42 Å². The second-order valence-corrected chi connectivity index (χ2v) is 3.64. The molecule has 0 amide bonds. The van der Waals surface area contributed by atoms with Gasteiger partial charge in [-0.2, -0.15) is 0 Å². The van der Waals surface area contributed by atoms with E-state index in [2.05, 4.69) is 13.8 Å². The van der Waals surface area contributed by atoms with Crippen LogP contribution < -0.4 is 5.73 Å². The van der Waals surface area contributed by atoms with E-state index in [9.17, 15) is 4.79 Å². The van der Waals surface area contributed by atoms with Gasteiger partial charge >= 0.3 is 0 Å². The fourth-order valence-electron chi connectivity index (χ4n) is 1.34. The molecule has 0 radical (unpaired) electrons. The minimum Gasteiger partial charge on any atom is -0.330 e. The molecule has 0 aliphatic rings. The van der Waals surface area contributed by atoms with E-state index in [-0.39, 0.29) is 5.78 Å². The van der Waals surface area contributed by atoms with Crippen LogP contribution in [-0.2, 0) is 4.79 Å². The molecule has 2 heteroatoms. The number of carbonyl (C=O) groups excluding carboxylic acids is 1. The Morgan fingerprint density at radius 2 is 1.77 bits per heavy atom.